The first-order valence-electron chi connectivity index (χ1n) is 7.01. The fourth-order valence-electron chi connectivity index (χ4n) is 1.79. The Hall–Kier alpha value is -2.28. The van der Waals surface area contributed by atoms with Crippen LogP contribution in [0.3, 0.4) is 0 Å². The van der Waals surface area contributed by atoms with Crippen molar-refractivity contribution in [1.29, 1.82) is 0 Å². The van der Waals surface area contributed by atoms with Crippen molar-refractivity contribution >= 4 is 35.6 Å². The molecule has 0 aliphatic carbocycles. The predicted molar refractivity (Wildman–Crippen MR) is 90.8 cm³/mol. The number of carbonyl (C=O) groups is 3. The Morgan fingerprint density at radius 1 is 1.26 bits per heavy atom. The van der Waals surface area contributed by atoms with E-state index in [0.717, 1.165) is 5.56 Å². The fraction of sp³-hybridized carbons (Fsp3) is 0.312. The standard InChI is InChI=1S/C16H20N2O4S/c1-11(19)17-14(10-12-6-4-3-5-7-12)15(20)18-13(16(21)22)8-9-23-2/h3-7,10,13H,8-9H2,1-2H3,(H,17,19)(H,18,20)(H,21,22)/t13-/m0/s1. The van der Waals surface area contributed by atoms with Crippen molar-refractivity contribution < 1.29 is 19.5 Å². The van der Waals surface area contributed by atoms with Gasteiger partial charge in [-0.25, -0.2) is 4.79 Å². The highest BCUT2D eigenvalue weighted by Crippen LogP contribution is 2.07. The van der Waals surface area contributed by atoms with E-state index in [0.29, 0.717) is 12.2 Å². The van der Waals surface area contributed by atoms with Gasteiger partial charge in [0.25, 0.3) is 5.91 Å². The van der Waals surface area contributed by atoms with E-state index >= 15 is 0 Å². The quantitative estimate of drug-likeness (QED) is 0.625. The number of hydrogen-bond acceptors (Lipinski definition) is 4. The predicted octanol–water partition coefficient (Wildman–Crippen LogP) is 1.49. The van der Waals surface area contributed by atoms with E-state index in [2.05, 4.69) is 10.6 Å². The molecule has 0 aliphatic heterocycles. The molecule has 1 aromatic carbocycles. The van der Waals surface area contributed by atoms with Crippen LogP contribution < -0.4 is 10.6 Å². The molecule has 2 amide bonds. The maximum Gasteiger partial charge on any atom is 0.326 e. The Balaban J connectivity index is 2.93. The van der Waals surface area contributed by atoms with Crippen molar-refractivity contribution in [2.24, 2.45) is 0 Å². The summed E-state index contributed by atoms with van der Waals surface area (Å²) >= 11 is 1.50. The van der Waals surface area contributed by atoms with Crippen molar-refractivity contribution in [2.75, 3.05) is 12.0 Å². The molecule has 6 nitrogen and oxygen atoms in total. The van der Waals surface area contributed by atoms with Gasteiger partial charge in [0.05, 0.1) is 0 Å². The van der Waals surface area contributed by atoms with Crippen molar-refractivity contribution in [3.8, 4) is 0 Å². The molecule has 23 heavy (non-hydrogen) atoms. The van der Waals surface area contributed by atoms with Gasteiger partial charge < -0.3 is 15.7 Å². The van der Waals surface area contributed by atoms with Crippen LogP contribution in [0.15, 0.2) is 36.0 Å². The van der Waals surface area contributed by atoms with Gasteiger partial charge in [0.2, 0.25) is 5.91 Å². The zero-order valence-electron chi connectivity index (χ0n) is 13.0. The number of carboxylic acids is 1. The first-order chi connectivity index (χ1) is 10.9. The second-order valence-corrected chi connectivity index (χ2v) is 5.78. The molecule has 0 saturated heterocycles. The van der Waals surface area contributed by atoms with E-state index in [1.165, 1.54) is 24.8 Å². The molecule has 1 rings (SSSR count). The topological polar surface area (TPSA) is 95.5 Å². The Morgan fingerprint density at radius 2 is 1.91 bits per heavy atom. The average molecular weight is 336 g/mol. The molecule has 0 bridgehead atoms. The fourth-order valence-corrected chi connectivity index (χ4v) is 2.26. The first kappa shape index (κ1) is 18.8. The van der Waals surface area contributed by atoms with Crippen LogP contribution in [0.5, 0.6) is 0 Å². The summed E-state index contributed by atoms with van der Waals surface area (Å²) in [5.74, 6) is -1.53. The van der Waals surface area contributed by atoms with Crippen molar-refractivity contribution in [3.63, 3.8) is 0 Å². The molecule has 124 valence electrons. The molecule has 0 radical (unpaired) electrons. The number of rotatable bonds is 8. The summed E-state index contributed by atoms with van der Waals surface area (Å²) in [7, 11) is 0. The normalized spacial score (nSPS) is 12.3. The average Bonchev–Trinajstić information content (AvgIpc) is 2.50. The summed E-state index contributed by atoms with van der Waals surface area (Å²) in [5.41, 5.74) is 0.737. The lowest BCUT2D eigenvalue weighted by atomic mass is 10.1. The smallest absolute Gasteiger partial charge is 0.326 e. The highest BCUT2D eigenvalue weighted by molar-refractivity contribution is 7.98. The number of carboxylic acid groups (broad SMARTS) is 1. The first-order valence-corrected chi connectivity index (χ1v) is 8.40. The summed E-state index contributed by atoms with van der Waals surface area (Å²) in [6, 6.07) is 7.98. The summed E-state index contributed by atoms with van der Waals surface area (Å²) in [5, 5.41) is 14.1. The molecular formula is C16H20N2O4S. The molecule has 0 saturated carbocycles. The maximum absolute atomic E-state index is 12.3. The van der Waals surface area contributed by atoms with Crippen LogP contribution in [0, 0.1) is 0 Å². The van der Waals surface area contributed by atoms with Crippen LogP contribution >= 0.6 is 11.8 Å². The Bertz CT molecular complexity index is 587. The molecule has 1 aromatic rings. The lowest BCUT2D eigenvalue weighted by molar-refractivity contribution is -0.141. The Kier molecular flexibility index (Phi) is 7.90. The zero-order chi connectivity index (χ0) is 17.2. The summed E-state index contributed by atoms with van der Waals surface area (Å²) in [4.78, 5) is 34.8. The molecule has 0 spiro atoms. The SMILES string of the molecule is CSCC[C@H](NC(=O)C(=Cc1ccccc1)NC(C)=O)C(=O)O. The van der Waals surface area contributed by atoms with Crippen LogP contribution in [0.2, 0.25) is 0 Å². The van der Waals surface area contributed by atoms with Crippen molar-refractivity contribution in [1.82, 2.24) is 10.6 Å². The molecular weight excluding hydrogens is 316 g/mol. The van der Waals surface area contributed by atoms with E-state index in [9.17, 15) is 19.5 Å². The minimum absolute atomic E-state index is 0.0131. The van der Waals surface area contributed by atoms with Gasteiger partial charge in [-0.05, 0) is 30.1 Å². The third-order valence-corrected chi connectivity index (χ3v) is 3.52. The molecule has 7 heteroatoms. The van der Waals surface area contributed by atoms with Gasteiger partial charge >= 0.3 is 5.97 Å². The zero-order valence-corrected chi connectivity index (χ0v) is 13.9. The second kappa shape index (κ2) is 9.68. The van der Waals surface area contributed by atoms with Crippen molar-refractivity contribution in [2.45, 2.75) is 19.4 Å². The Labute approximate surface area is 139 Å². The minimum Gasteiger partial charge on any atom is -0.480 e. The van der Waals surface area contributed by atoms with Gasteiger partial charge in [-0.3, -0.25) is 9.59 Å². The van der Waals surface area contributed by atoms with Gasteiger partial charge in [-0.2, -0.15) is 11.8 Å². The van der Waals surface area contributed by atoms with E-state index in [1.54, 1.807) is 24.3 Å². The third kappa shape index (κ3) is 7.01. The molecule has 0 aliphatic rings. The summed E-state index contributed by atoms with van der Waals surface area (Å²) in [6.07, 6.45) is 3.67. The van der Waals surface area contributed by atoms with Gasteiger partial charge in [-0.15, -0.1) is 0 Å². The molecule has 1 atom stereocenters. The van der Waals surface area contributed by atoms with Gasteiger partial charge in [0, 0.05) is 6.92 Å². The van der Waals surface area contributed by atoms with Crippen LogP contribution in [-0.2, 0) is 14.4 Å². The number of hydrogen-bond donors (Lipinski definition) is 3. The maximum atomic E-state index is 12.3. The highest BCUT2D eigenvalue weighted by Gasteiger charge is 2.21. The Morgan fingerprint density at radius 3 is 2.43 bits per heavy atom. The van der Waals surface area contributed by atoms with E-state index in [1.807, 2.05) is 12.3 Å². The number of carbonyl (C=O) groups excluding carboxylic acids is 2. The lowest BCUT2D eigenvalue weighted by Crippen LogP contribution is -2.44. The number of amides is 2. The minimum atomic E-state index is -1.10. The van der Waals surface area contributed by atoms with E-state index < -0.39 is 23.8 Å². The monoisotopic (exact) mass is 336 g/mol. The van der Waals surface area contributed by atoms with Gasteiger partial charge in [-0.1, -0.05) is 30.3 Å². The number of nitrogens with one attached hydrogen (secondary N) is 2. The largest absolute Gasteiger partial charge is 0.480 e. The molecule has 0 unspecified atom stereocenters. The summed E-state index contributed by atoms with van der Waals surface area (Å²) < 4.78 is 0. The third-order valence-electron chi connectivity index (χ3n) is 2.88. The van der Waals surface area contributed by atoms with Crippen molar-refractivity contribution in [3.05, 3.63) is 41.6 Å². The second-order valence-electron chi connectivity index (χ2n) is 4.80. The van der Waals surface area contributed by atoms with Gasteiger partial charge in [0.1, 0.15) is 11.7 Å². The van der Waals surface area contributed by atoms with Crippen LogP contribution in [0.4, 0.5) is 0 Å². The van der Waals surface area contributed by atoms with Gasteiger partial charge in [0.15, 0.2) is 0 Å². The number of aliphatic carboxylic acids is 1. The van der Waals surface area contributed by atoms with Crippen LogP contribution in [0.1, 0.15) is 18.9 Å². The van der Waals surface area contributed by atoms with E-state index in [-0.39, 0.29) is 5.70 Å². The summed E-state index contributed by atoms with van der Waals surface area (Å²) in [6.45, 7) is 1.29. The highest BCUT2D eigenvalue weighted by atomic mass is 32.2. The van der Waals surface area contributed by atoms with Crippen LogP contribution in [-0.4, -0.2) is 40.9 Å². The molecule has 3 N–H and O–H groups in total. The lowest BCUT2D eigenvalue weighted by Gasteiger charge is -2.15. The molecule has 0 fully saturated rings. The van der Waals surface area contributed by atoms with Crippen LogP contribution in [0.25, 0.3) is 6.08 Å². The number of benzene rings is 1. The van der Waals surface area contributed by atoms with E-state index in [4.69, 9.17) is 0 Å². The molecule has 0 aromatic heterocycles. The molecule has 0 heterocycles. The number of thioether (sulfide) groups is 1.